The highest BCUT2D eigenvalue weighted by Crippen LogP contribution is 1.67. The molecule has 0 unspecified atom stereocenters. The summed E-state index contributed by atoms with van der Waals surface area (Å²) in [7, 11) is -3.88. The van der Waals surface area contributed by atoms with Crippen molar-refractivity contribution in [3.63, 3.8) is 0 Å². The maximum atomic E-state index is 9.43. The van der Waals surface area contributed by atoms with E-state index in [1.54, 1.807) is 0 Å². The molecule has 0 aromatic rings. The molecule has 0 fully saturated rings. The van der Waals surface area contributed by atoms with Crippen molar-refractivity contribution < 1.29 is 13.0 Å². The quantitative estimate of drug-likeness (QED) is 0.459. The van der Waals surface area contributed by atoms with E-state index in [2.05, 4.69) is 5.73 Å². The van der Waals surface area contributed by atoms with Crippen LogP contribution in [0, 0.1) is 0 Å². The van der Waals surface area contributed by atoms with Gasteiger partial charge in [0, 0.05) is 0 Å². The molecule has 0 atom stereocenters. The Morgan fingerprint density at radius 2 is 1.71 bits per heavy atom. The third-order valence-corrected chi connectivity index (χ3v) is 0.632. The lowest BCUT2D eigenvalue weighted by Gasteiger charge is -1.80. The van der Waals surface area contributed by atoms with Crippen molar-refractivity contribution in [1.29, 1.82) is 0 Å². The molecular weight excluding hydrogens is 138 g/mol. The van der Waals surface area contributed by atoms with E-state index in [9.17, 15) is 8.42 Å². The molecule has 7 heavy (non-hydrogen) atoms. The monoisotopic (exact) mass is 145 g/mol. The lowest BCUT2D eigenvalue weighted by molar-refractivity contribution is 0.483. The summed E-state index contributed by atoms with van der Waals surface area (Å²) in [6.07, 6.45) is 0. The van der Waals surface area contributed by atoms with E-state index in [1.807, 2.05) is 0 Å². The first-order valence-electron chi connectivity index (χ1n) is 1.21. The van der Waals surface area contributed by atoms with Crippen molar-refractivity contribution in [3.05, 3.63) is 0 Å². The summed E-state index contributed by atoms with van der Waals surface area (Å²) in [5.41, 5.74) is 4.47. The number of rotatable bonds is 1. The zero-order chi connectivity index (χ0) is 5.21. The van der Waals surface area contributed by atoms with Crippen molar-refractivity contribution in [2.24, 2.45) is 5.73 Å². The number of hydrogen-bond donors (Lipinski definition) is 2. The molecule has 0 aliphatic carbocycles. The van der Waals surface area contributed by atoms with Gasteiger partial charge in [-0.05, 0) is 0 Å². The van der Waals surface area contributed by atoms with Crippen molar-refractivity contribution in [1.82, 2.24) is 0 Å². The molecule has 0 spiro atoms. The van der Waals surface area contributed by atoms with Gasteiger partial charge in [-0.2, -0.15) is 21.9 Å². The van der Waals surface area contributed by atoms with E-state index in [0.29, 0.717) is 0 Å². The van der Waals surface area contributed by atoms with Gasteiger partial charge in [-0.15, -0.1) is 0 Å². The molecule has 46 valence electrons. The Morgan fingerprint density at radius 1 is 1.57 bits per heavy atom. The van der Waals surface area contributed by atoms with Crippen LogP contribution in [0.25, 0.3) is 0 Å². The van der Waals surface area contributed by atoms with Crippen LogP contribution in [0.4, 0.5) is 0 Å². The zero-order valence-electron chi connectivity index (χ0n) is 3.46. The van der Waals surface area contributed by atoms with Gasteiger partial charge in [0.05, 0.1) is 0 Å². The fourth-order valence-electron chi connectivity index (χ4n) is 0. The van der Waals surface area contributed by atoms with Gasteiger partial charge in [0.2, 0.25) is 0 Å². The Bertz CT molecular complexity index is 115. The molecule has 6 heteroatoms. The highest BCUT2D eigenvalue weighted by molar-refractivity contribution is 7.85. The fourth-order valence-corrected chi connectivity index (χ4v) is 0. The Morgan fingerprint density at radius 3 is 1.71 bits per heavy atom. The molecule has 0 aromatic carbocycles. The molecule has 4 nitrogen and oxygen atoms in total. The van der Waals surface area contributed by atoms with Gasteiger partial charge in [-0.1, -0.05) is 0 Å². The third kappa shape index (κ3) is 10.7. The molecule has 0 amide bonds. The van der Waals surface area contributed by atoms with Gasteiger partial charge in [0.25, 0.3) is 10.1 Å². The normalized spacial score (nSPS) is 10.0. The van der Waals surface area contributed by atoms with Crippen molar-refractivity contribution in [2.45, 2.75) is 0 Å². The standard InChI is InChI=1S/CH5NO3S.H2S/c2-1-6(3,4)5;/h1-2H2,(H,3,4,5);1H2. The topological polar surface area (TPSA) is 80.4 Å². The summed E-state index contributed by atoms with van der Waals surface area (Å²) < 4.78 is 26.5. The minimum absolute atomic E-state index is 0. The molecular formula is CH7NO3S2. The lowest BCUT2D eigenvalue weighted by Crippen LogP contribution is -2.11. The molecule has 0 heterocycles. The van der Waals surface area contributed by atoms with Crippen LogP contribution in [0.2, 0.25) is 0 Å². The summed E-state index contributed by atoms with van der Waals surface area (Å²) in [5, 5.41) is 0. The highest BCUT2D eigenvalue weighted by Gasteiger charge is 1.93. The predicted molar refractivity (Wildman–Crippen MR) is 31.0 cm³/mol. The predicted octanol–water partition coefficient (Wildman–Crippen LogP) is -1.10. The Labute approximate surface area is 48.9 Å². The summed E-state index contributed by atoms with van der Waals surface area (Å²) in [6.45, 7) is 0. The van der Waals surface area contributed by atoms with Crippen molar-refractivity contribution >= 4 is 23.6 Å². The van der Waals surface area contributed by atoms with Crippen LogP contribution in [0.1, 0.15) is 0 Å². The van der Waals surface area contributed by atoms with E-state index < -0.39 is 16.0 Å². The second-order valence-corrected chi connectivity index (χ2v) is 2.25. The van der Waals surface area contributed by atoms with E-state index in [4.69, 9.17) is 4.55 Å². The van der Waals surface area contributed by atoms with E-state index in [0.717, 1.165) is 0 Å². The van der Waals surface area contributed by atoms with Gasteiger partial charge >= 0.3 is 0 Å². The summed E-state index contributed by atoms with van der Waals surface area (Å²) >= 11 is 0. The summed E-state index contributed by atoms with van der Waals surface area (Å²) in [5.74, 6) is -0.701. The van der Waals surface area contributed by atoms with E-state index in [1.165, 1.54) is 0 Å². The number of hydrogen-bond acceptors (Lipinski definition) is 3. The van der Waals surface area contributed by atoms with Gasteiger partial charge in [-0.25, -0.2) is 0 Å². The minimum Gasteiger partial charge on any atom is -0.316 e. The van der Waals surface area contributed by atoms with Crippen LogP contribution in [0.5, 0.6) is 0 Å². The molecule has 0 aromatic heterocycles. The van der Waals surface area contributed by atoms with Crippen LogP contribution in [0.3, 0.4) is 0 Å². The average Bonchev–Trinajstić information content (AvgIpc) is 1.35. The Hall–Kier alpha value is 0.220. The van der Waals surface area contributed by atoms with E-state index in [-0.39, 0.29) is 13.5 Å². The molecule has 0 rings (SSSR count). The van der Waals surface area contributed by atoms with Gasteiger partial charge in [-0.3, -0.25) is 4.55 Å². The first kappa shape index (κ1) is 10.3. The second kappa shape index (κ2) is 3.25. The molecule has 0 aliphatic rings. The number of nitrogens with two attached hydrogens (primary N) is 1. The van der Waals surface area contributed by atoms with Crippen LogP contribution in [0.15, 0.2) is 0 Å². The van der Waals surface area contributed by atoms with Gasteiger partial charge in [0.1, 0.15) is 5.88 Å². The SMILES string of the molecule is NCS(=O)(=O)O.S. The Balaban J connectivity index is 0. The largest absolute Gasteiger partial charge is 0.316 e. The Kier molecular flexibility index (Phi) is 4.76. The lowest BCUT2D eigenvalue weighted by atomic mass is 11.6. The van der Waals surface area contributed by atoms with Crippen molar-refractivity contribution in [2.75, 3.05) is 5.88 Å². The molecule has 0 aliphatic heterocycles. The molecule has 0 bridgehead atoms. The van der Waals surface area contributed by atoms with Crippen LogP contribution in [-0.2, 0) is 10.1 Å². The average molecular weight is 145 g/mol. The maximum Gasteiger partial charge on any atom is 0.277 e. The molecule has 0 saturated heterocycles. The first-order chi connectivity index (χ1) is 2.56. The summed E-state index contributed by atoms with van der Waals surface area (Å²) in [4.78, 5) is 0. The van der Waals surface area contributed by atoms with Gasteiger partial charge < -0.3 is 5.73 Å². The van der Waals surface area contributed by atoms with Crippen molar-refractivity contribution in [3.8, 4) is 0 Å². The fraction of sp³-hybridized carbons (Fsp3) is 1.00. The first-order valence-corrected chi connectivity index (χ1v) is 2.82. The molecule has 3 N–H and O–H groups in total. The third-order valence-electron chi connectivity index (χ3n) is 0.211. The zero-order valence-corrected chi connectivity index (χ0v) is 5.27. The van der Waals surface area contributed by atoms with E-state index >= 15 is 0 Å². The van der Waals surface area contributed by atoms with Crippen LogP contribution < -0.4 is 5.73 Å². The second-order valence-electron chi connectivity index (χ2n) is 0.749. The molecule has 0 saturated carbocycles. The van der Waals surface area contributed by atoms with Gasteiger partial charge in [0.15, 0.2) is 0 Å². The smallest absolute Gasteiger partial charge is 0.277 e. The highest BCUT2D eigenvalue weighted by atomic mass is 32.2. The summed E-state index contributed by atoms with van der Waals surface area (Å²) in [6, 6.07) is 0. The van der Waals surface area contributed by atoms with Crippen LogP contribution >= 0.6 is 13.5 Å². The molecule has 0 radical (unpaired) electrons. The maximum absolute atomic E-state index is 9.43. The minimum atomic E-state index is -3.88. The van der Waals surface area contributed by atoms with Crippen LogP contribution in [-0.4, -0.2) is 18.8 Å².